The molecule has 2 aliphatic rings. The fourth-order valence-electron chi connectivity index (χ4n) is 4.23. The molecule has 0 spiro atoms. The maximum Gasteiger partial charge on any atom is 0.325 e. The molecule has 2 atom stereocenters. The standard InChI is InChI=1S/C24H24N4O5/c1-14(15-6-7-20-21(11-15)33-9-8-32-20)26-22(29)13-28-23(30)19(27-24(28)31)10-16-12-25-18-5-3-2-4-17(16)18/h2-7,11-12,14,19,25H,8-10,13H2,1H3,(H,26,29)(H,27,31)/t14-,19+/m0/s1. The number of imide groups is 1. The summed E-state index contributed by atoms with van der Waals surface area (Å²) in [5, 5.41) is 6.54. The predicted octanol–water partition coefficient (Wildman–Crippen LogP) is 2.28. The van der Waals surface area contributed by atoms with Gasteiger partial charge in [-0.1, -0.05) is 24.3 Å². The van der Waals surface area contributed by atoms with Crippen LogP contribution in [0.5, 0.6) is 11.5 Å². The van der Waals surface area contributed by atoms with Crippen molar-refractivity contribution in [2.24, 2.45) is 0 Å². The Morgan fingerprint density at radius 2 is 1.94 bits per heavy atom. The molecule has 170 valence electrons. The van der Waals surface area contributed by atoms with Gasteiger partial charge in [-0.15, -0.1) is 0 Å². The summed E-state index contributed by atoms with van der Waals surface area (Å²) in [5.41, 5.74) is 2.73. The van der Waals surface area contributed by atoms with Gasteiger partial charge in [0.1, 0.15) is 25.8 Å². The number of hydrogen-bond acceptors (Lipinski definition) is 5. The molecular formula is C24H24N4O5. The highest BCUT2D eigenvalue weighted by molar-refractivity contribution is 6.06. The van der Waals surface area contributed by atoms with E-state index in [-0.39, 0.29) is 12.6 Å². The number of aromatic amines is 1. The Labute approximate surface area is 190 Å². The maximum absolute atomic E-state index is 12.9. The molecule has 0 aliphatic carbocycles. The second kappa shape index (κ2) is 8.50. The Bertz CT molecular complexity index is 1240. The molecule has 9 nitrogen and oxygen atoms in total. The van der Waals surface area contributed by atoms with Gasteiger partial charge >= 0.3 is 6.03 Å². The number of para-hydroxylation sites is 1. The minimum Gasteiger partial charge on any atom is -0.486 e. The molecule has 5 rings (SSSR count). The lowest BCUT2D eigenvalue weighted by Crippen LogP contribution is -2.42. The molecule has 33 heavy (non-hydrogen) atoms. The average molecular weight is 448 g/mol. The van der Waals surface area contributed by atoms with Crippen LogP contribution in [0.25, 0.3) is 10.9 Å². The van der Waals surface area contributed by atoms with Crippen LogP contribution in [0.3, 0.4) is 0 Å². The first-order valence-corrected chi connectivity index (χ1v) is 10.9. The maximum atomic E-state index is 12.9. The fraction of sp³-hybridized carbons (Fsp3) is 0.292. The summed E-state index contributed by atoms with van der Waals surface area (Å²) in [6.07, 6.45) is 2.19. The van der Waals surface area contributed by atoms with Crippen molar-refractivity contribution in [1.29, 1.82) is 0 Å². The largest absolute Gasteiger partial charge is 0.486 e. The zero-order chi connectivity index (χ0) is 22.9. The lowest BCUT2D eigenvalue weighted by atomic mass is 10.1. The van der Waals surface area contributed by atoms with Gasteiger partial charge in [0.15, 0.2) is 11.5 Å². The van der Waals surface area contributed by atoms with Crippen LogP contribution in [0.1, 0.15) is 24.1 Å². The normalized spacial score (nSPS) is 18.3. The molecule has 1 saturated heterocycles. The molecule has 4 amide bonds. The zero-order valence-electron chi connectivity index (χ0n) is 18.1. The number of nitrogens with zero attached hydrogens (tertiary/aromatic N) is 1. The van der Waals surface area contributed by atoms with Crippen molar-refractivity contribution in [2.45, 2.75) is 25.4 Å². The smallest absolute Gasteiger partial charge is 0.325 e. The Kier molecular flexibility index (Phi) is 5.37. The molecule has 0 radical (unpaired) electrons. The van der Waals surface area contributed by atoms with Crippen LogP contribution in [-0.2, 0) is 16.0 Å². The van der Waals surface area contributed by atoms with Gasteiger partial charge in [0.05, 0.1) is 6.04 Å². The molecule has 1 aromatic heterocycles. The second-order valence-corrected chi connectivity index (χ2v) is 8.18. The van der Waals surface area contributed by atoms with Crippen LogP contribution in [0.2, 0.25) is 0 Å². The van der Waals surface area contributed by atoms with E-state index >= 15 is 0 Å². The molecular weight excluding hydrogens is 424 g/mol. The van der Waals surface area contributed by atoms with Gasteiger partial charge in [-0.05, 0) is 36.2 Å². The molecule has 0 unspecified atom stereocenters. The lowest BCUT2D eigenvalue weighted by molar-refractivity contribution is -0.132. The minimum absolute atomic E-state index is 0.337. The molecule has 2 aromatic carbocycles. The van der Waals surface area contributed by atoms with Crippen molar-refractivity contribution in [1.82, 2.24) is 20.5 Å². The Balaban J connectivity index is 1.21. The predicted molar refractivity (Wildman–Crippen MR) is 120 cm³/mol. The first-order chi connectivity index (χ1) is 16.0. The van der Waals surface area contributed by atoms with Crippen molar-refractivity contribution >= 4 is 28.7 Å². The van der Waals surface area contributed by atoms with Gasteiger partial charge in [0.25, 0.3) is 5.91 Å². The quantitative estimate of drug-likeness (QED) is 0.501. The summed E-state index contributed by atoms with van der Waals surface area (Å²) in [5.74, 6) is 0.472. The monoisotopic (exact) mass is 448 g/mol. The van der Waals surface area contributed by atoms with Crippen molar-refractivity contribution in [3.8, 4) is 11.5 Å². The number of carbonyl (C=O) groups excluding carboxylic acids is 3. The van der Waals surface area contributed by atoms with E-state index in [9.17, 15) is 14.4 Å². The molecule has 0 saturated carbocycles. The highest BCUT2D eigenvalue weighted by atomic mass is 16.6. The molecule has 0 bridgehead atoms. The van der Waals surface area contributed by atoms with Gasteiger partial charge < -0.3 is 25.1 Å². The lowest BCUT2D eigenvalue weighted by Gasteiger charge is -2.21. The number of rotatable bonds is 6. The number of aromatic nitrogens is 1. The van der Waals surface area contributed by atoms with Gasteiger partial charge in [0, 0.05) is 23.5 Å². The van der Waals surface area contributed by atoms with E-state index in [1.807, 2.05) is 49.5 Å². The number of H-pyrrole nitrogens is 1. The first-order valence-electron chi connectivity index (χ1n) is 10.9. The van der Waals surface area contributed by atoms with E-state index in [1.165, 1.54) is 0 Å². The van der Waals surface area contributed by atoms with E-state index in [1.54, 1.807) is 6.07 Å². The number of amides is 4. The number of ether oxygens (including phenoxy) is 2. The van der Waals surface area contributed by atoms with Gasteiger partial charge in [-0.2, -0.15) is 0 Å². The number of hydrogen-bond donors (Lipinski definition) is 3. The highest BCUT2D eigenvalue weighted by Crippen LogP contribution is 2.32. The third-order valence-electron chi connectivity index (χ3n) is 5.95. The molecule has 2 aliphatic heterocycles. The van der Waals surface area contributed by atoms with Crippen LogP contribution in [0.15, 0.2) is 48.7 Å². The Morgan fingerprint density at radius 1 is 1.15 bits per heavy atom. The van der Waals surface area contributed by atoms with Gasteiger partial charge in [-0.25, -0.2) is 4.79 Å². The molecule has 1 fully saturated rings. The van der Waals surface area contributed by atoms with E-state index in [4.69, 9.17) is 9.47 Å². The third kappa shape index (κ3) is 4.09. The van der Waals surface area contributed by atoms with E-state index in [0.29, 0.717) is 31.1 Å². The second-order valence-electron chi connectivity index (χ2n) is 8.18. The summed E-state index contributed by atoms with van der Waals surface area (Å²) in [6, 6.07) is 11.6. The summed E-state index contributed by atoms with van der Waals surface area (Å²) < 4.78 is 11.1. The number of urea groups is 1. The Hall–Kier alpha value is -4.01. The molecule has 3 N–H and O–H groups in total. The topological polar surface area (TPSA) is 113 Å². The van der Waals surface area contributed by atoms with Crippen molar-refractivity contribution in [2.75, 3.05) is 19.8 Å². The van der Waals surface area contributed by atoms with Crippen LogP contribution in [0.4, 0.5) is 4.79 Å². The first kappa shape index (κ1) is 20.9. The zero-order valence-corrected chi connectivity index (χ0v) is 18.1. The highest BCUT2D eigenvalue weighted by Gasteiger charge is 2.39. The van der Waals surface area contributed by atoms with E-state index in [0.717, 1.165) is 26.9 Å². The van der Waals surface area contributed by atoms with Crippen LogP contribution in [-0.4, -0.2) is 53.5 Å². The third-order valence-corrected chi connectivity index (χ3v) is 5.95. The SMILES string of the molecule is C[C@H](NC(=O)CN1C(=O)N[C@H](Cc2c[nH]c3ccccc23)C1=O)c1ccc2c(c1)OCCO2. The fourth-order valence-corrected chi connectivity index (χ4v) is 4.23. The summed E-state index contributed by atoms with van der Waals surface area (Å²) in [4.78, 5) is 42.0. The molecule has 9 heteroatoms. The molecule has 3 heterocycles. The number of nitrogens with one attached hydrogen (secondary N) is 3. The van der Waals surface area contributed by atoms with E-state index < -0.39 is 23.9 Å². The van der Waals surface area contributed by atoms with Gasteiger partial charge in [-0.3, -0.25) is 14.5 Å². The summed E-state index contributed by atoms with van der Waals surface area (Å²) in [7, 11) is 0. The number of fused-ring (bicyclic) bond motifs is 2. The molecule has 3 aromatic rings. The van der Waals surface area contributed by atoms with Crippen molar-refractivity contribution in [3.05, 3.63) is 59.8 Å². The van der Waals surface area contributed by atoms with Crippen LogP contribution < -0.4 is 20.1 Å². The average Bonchev–Trinajstić information content (AvgIpc) is 3.35. The number of benzene rings is 2. The minimum atomic E-state index is -0.709. The van der Waals surface area contributed by atoms with E-state index in [2.05, 4.69) is 15.6 Å². The van der Waals surface area contributed by atoms with Crippen LogP contribution in [0, 0.1) is 0 Å². The summed E-state index contributed by atoms with van der Waals surface area (Å²) >= 11 is 0. The summed E-state index contributed by atoms with van der Waals surface area (Å²) in [6.45, 7) is 2.47. The van der Waals surface area contributed by atoms with Crippen molar-refractivity contribution in [3.63, 3.8) is 0 Å². The van der Waals surface area contributed by atoms with Crippen LogP contribution >= 0.6 is 0 Å². The number of carbonyl (C=O) groups is 3. The van der Waals surface area contributed by atoms with Crippen molar-refractivity contribution < 1.29 is 23.9 Å². The van der Waals surface area contributed by atoms with Gasteiger partial charge in [0.2, 0.25) is 5.91 Å². The Morgan fingerprint density at radius 3 is 2.79 bits per heavy atom.